The van der Waals surface area contributed by atoms with Crippen LogP contribution >= 0.6 is 27.3 Å². The molecule has 5 heteroatoms. The zero-order valence-electron chi connectivity index (χ0n) is 13.4. The van der Waals surface area contributed by atoms with Gasteiger partial charge in [-0.25, -0.2) is 4.98 Å². The number of aromatic nitrogens is 2. The third-order valence-electron chi connectivity index (χ3n) is 4.20. The van der Waals surface area contributed by atoms with Crippen LogP contribution in [0, 0.1) is 0 Å². The molecule has 2 heterocycles. The summed E-state index contributed by atoms with van der Waals surface area (Å²) in [6.07, 6.45) is 2.47. The van der Waals surface area contributed by atoms with Crippen molar-refractivity contribution in [2.75, 3.05) is 0 Å². The van der Waals surface area contributed by atoms with Crippen LogP contribution < -0.4 is 5.56 Å². The van der Waals surface area contributed by atoms with Crippen molar-refractivity contribution < 1.29 is 0 Å². The molecule has 0 saturated carbocycles. The van der Waals surface area contributed by atoms with Crippen LogP contribution in [0.25, 0.3) is 21.3 Å². The summed E-state index contributed by atoms with van der Waals surface area (Å²) in [6.45, 7) is 0.626. The molecule has 124 valence electrons. The molecule has 0 aliphatic heterocycles. The van der Waals surface area contributed by atoms with Crippen molar-refractivity contribution in [2.24, 2.45) is 0 Å². The first-order chi connectivity index (χ1) is 12.2. The highest BCUT2D eigenvalue weighted by Gasteiger charge is 2.13. The van der Waals surface area contributed by atoms with Crippen molar-refractivity contribution in [2.45, 2.75) is 13.0 Å². The minimum Gasteiger partial charge on any atom is -0.298 e. The van der Waals surface area contributed by atoms with E-state index in [1.54, 1.807) is 10.9 Å². The van der Waals surface area contributed by atoms with Gasteiger partial charge in [0.05, 0.1) is 11.7 Å². The zero-order valence-corrected chi connectivity index (χ0v) is 15.8. The van der Waals surface area contributed by atoms with Crippen molar-refractivity contribution in [1.82, 2.24) is 9.55 Å². The van der Waals surface area contributed by atoms with Gasteiger partial charge in [-0.2, -0.15) is 0 Å². The van der Waals surface area contributed by atoms with Gasteiger partial charge in [0, 0.05) is 22.0 Å². The Morgan fingerprint density at radius 3 is 2.56 bits per heavy atom. The first-order valence-electron chi connectivity index (χ1n) is 7.99. The predicted octanol–water partition coefficient (Wildman–Crippen LogP) is 5.13. The van der Waals surface area contributed by atoms with E-state index >= 15 is 0 Å². The maximum absolute atomic E-state index is 13.0. The van der Waals surface area contributed by atoms with E-state index in [4.69, 9.17) is 0 Å². The van der Waals surface area contributed by atoms with Crippen LogP contribution in [0.1, 0.15) is 5.56 Å². The standard InChI is InChI=1S/C20H15BrN2OS/c21-16-8-6-15(7-9-16)17-12-25-19-18(17)20(24)23(13-22-19)11-10-14-4-2-1-3-5-14/h1-9,12-13H,10-11H2. The van der Waals surface area contributed by atoms with E-state index in [0.717, 1.165) is 26.9 Å². The lowest BCUT2D eigenvalue weighted by Crippen LogP contribution is -2.21. The molecule has 0 bridgehead atoms. The number of thiophene rings is 1. The number of nitrogens with zero attached hydrogens (tertiary/aromatic N) is 2. The number of hydrogen-bond donors (Lipinski definition) is 0. The Morgan fingerprint density at radius 2 is 1.80 bits per heavy atom. The highest BCUT2D eigenvalue weighted by molar-refractivity contribution is 9.10. The summed E-state index contributed by atoms with van der Waals surface area (Å²) in [4.78, 5) is 18.3. The maximum atomic E-state index is 13.0. The minimum atomic E-state index is 0.0279. The molecule has 0 saturated heterocycles. The molecule has 0 radical (unpaired) electrons. The van der Waals surface area contributed by atoms with Gasteiger partial charge in [0.2, 0.25) is 0 Å². The van der Waals surface area contributed by atoms with Crippen molar-refractivity contribution in [3.8, 4) is 11.1 Å². The number of hydrogen-bond acceptors (Lipinski definition) is 3. The van der Waals surface area contributed by atoms with Gasteiger partial charge in [-0.15, -0.1) is 11.3 Å². The highest BCUT2D eigenvalue weighted by Crippen LogP contribution is 2.31. The predicted molar refractivity (Wildman–Crippen MR) is 107 cm³/mol. The molecule has 0 aliphatic carbocycles. The Labute approximate surface area is 157 Å². The average molecular weight is 411 g/mol. The number of fused-ring (bicyclic) bond motifs is 1. The van der Waals surface area contributed by atoms with Gasteiger partial charge in [-0.3, -0.25) is 9.36 Å². The SMILES string of the molecule is O=c1c2c(-c3ccc(Br)cc3)csc2ncn1CCc1ccccc1. The average Bonchev–Trinajstić information content (AvgIpc) is 3.08. The molecule has 25 heavy (non-hydrogen) atoms. The van der Waals surface area contributed by atoms with Crippen LogP contribution in [-0.4, -0.2) is 9.55 Å². The van der Waals surface area contributed by atoms with E-state index in [1.165, 1.54) is 16.9 Å². The van der Waals surface area contributed by atoms with Crippen molar-refractivity contribution in [3.63, 3.8) is 0 Å². The van der Waals surface area contributed by atoms with Crippen molar-refractivity contribution >= 4 is 37.5 Å². The van der Waals surface area contributed by atoms with E-state index in [0.29, 0.717) is 11.9 Å². The van der Waals surface area contributed by atoms with Gasteiger partial charge in [0.25, 0.3) is 5.56 Å². The summed E-state index contributed by atoms with van der Waals surface area (Å²) in [5.41, 5.74) is 3.24. The van der Waals surface area contributed by atoms with E-state index in [2.05, 4.69) is 33.0 Å². The fraction of sp³-hybridized carbons (Fsp3) is 0.100. The molecule has 0 N–H and O–H groups in total. The largest absolute Gasteiger partial charge is 0.298 e. The number of aryl methyl sites for hydroxylation is 2. The summed E-state index contributed by atoms with van der Waals surface area (Å²) < 4.78 is 2.74. The van der Waals surface area contributed by atoms with Crippen molar-refractivity contribution in [1.29, 1.82) is 0 Å². The monoisotopic (exact) mass is 410 g/mol. The van der Waals surface area contributed by atoms with E-state index in [1.807, 2.05) is 47.8 Å². The van der Waals surface area contributed by atoms with Crippen LogP contribution in [0.3, 0.4) is 0 Å². The second kappa shape index (κ2) is 6.94. The van der Waals surface area contributed by atoms with E-state index < -0.39 is 0 Å². The topological polar surface area (TPSA) is 34.9 Å². The zero-order chi connectivity index (χ0) is 17.2. The molecular weight excluding hydrogens is 396 g/mol. The maximum Gasteiger partial charge on any atom is 0.262 e. The normalized spacial score (nSPS) is 11.1. The molecule has 0 amide bonds. The molecule has 0 unspecified atom stereocenters. The highest BCUT2D eigenvalue weighted by atomic mass is 79.9. The number of rotatable bonds is 4. The lowest BCUT2D eigenvalue weighted by atomic mass is 10.1. The Bertz CT molecular complexity index is 1070. The fourth-order valence-corrected chi connectivity index (χ4v) is 4.03. The Hall–Kier alpha value is -2.24. The molecule has 3 nitrogen and oxygen atoms in total. The van der Waals surface area contributed by atoms with Crippen molar-refractivity contribution in [3.05, 3.63) is 86.7 Å². The summed E-state index contributed by atoms with van der Waals surface area (Å²) >= 11 is 4.97. The smallest absolute Gasteiger partial charge is 0.262 e. The van der Waals surface area contributed by atoms with Gasteiger partial charge in [0.15, 0.2) is 0 Å². The molecule has 0 aliphatic rings. The van der Waals surface area contributed by atoms with E-state index in [9.17, 15) is 4.79 Å². The molecule has 0 atom stereocenters. The minimum absolute atomic E-state index is 0.0279. The fourth-order valence-electron chi connectivity index (χ4n) is 2.86. The van der Waals surface area contributed by atoms with Crippen LogP contribution in [0.2, 0.25) is 0 Å². The lowest BCUT2D eigenvalue weighted by Gasteiger charge is -2.06. The molecule has 2 aromatic heterocycles. The Morgan fingerprint density at radius 1 is 1.04 bits per heavy atom. The molecule has 4 aromatic rings. The van der Waals surface area contributed by atoms with Gasteiger partial charge < -0.3 is 0 Å². The van der Waals surface area contributed by atoms with Crippen LogP contribution in [0.15, 0.2) is 75.6 Å². The first kappa shape index (κ1) is 16.2. The van der Waals surface area contributed by atoms with Gasteiger partial charge >= 0.3 is 0 Å². The van der Waals surface area contributed by atoms with Crippen LogP contribution in [0.5, 0.6) is 0 Å². The molecule has 2 aromatic carbocycles. The first-order valence-corrected chi connectivity index (χ1v) is 9.66. The van der Waals surface area contributed by atoms with Gasteiger partial charge in [-0.05, 0) is 29.7 Å². The molecule has 0 fully saturated rings. The van der Waals surface area contributed by atoms with Crippen LogP contribution in [0.4, 0.5) is 0 Å². The second-order valence-corrected chi connectivity index (χ2v) is 7.59. The molecular formula is C20H15BrN2OS. The second-order valence-electron chi connectivity index (χ2n) is 5.82. The van der Waals surface area contributed by atoms with Gasteiger partial charge in [-0.1, -0.05) is 58.4 Å². The summed E-state index contributed by atoms with van der Waals surface area (Å²) in [5.74, 6) is 0. The Balaban J connectivity index is 1.73. The quantitative estimate of drug-likeness (QED) is 0.467. The number of benzene rings is 2. The van der Waals surface area contributed by atoms with Gasteiger partial charge in [0.1, 0.15) is 4.83 Å². The third kappa shape index (κ3) is 3.30. The Kier molecular flexibility index (Phi) is 4.51. The summed E-state index contributed by atoms with van der Waals surface area (Å²) in [5, 5.41) is 2.73. The van der Waals surface area contributed by atoms with E-state index in [-0.39, 0.29) is 5.56 Å². The third-order valence-corrected chi connectivity index (χ3v) is 5.62. The lowest BCUT2D eigenvalue weighted by molar-refractivity contribution is 0.663. The molecule has 0 spiro atoms. The summed E-state index contributed by atoms with van der Waals surface area (Å²) in [7, 11) is 0. The molecule has 4 rings (SSSR count). The summed E-state index contributed by atoms with van der Waals surface area (Å²) in [6, 6.07) is 18.2. The van der Waals surface area contributed by atoms with Crippen LogP contribution in [-0.2, 0) is 13.0 Å². The number of halogens is 1.